The second-order valence-corrected chi connectivity index (χ2v) is 7.60. The fourth-order valence-electron chi connectivity index (χ4n) is 4.46. The number of nitrogens with zero attached hydrogens (tertiary/aromatic N) is 1. The Labute approximate surface area is 151 Å². The molecule has 0 atom stereocenters. The first-order chi connectivity index (χ1) is 12.1. The highest BCUT2D eigenvalue weighted by molar-refractivity contribution is 5.65. The Hall–Kier alpha value is -2.06. The fraction of sp³-hybridized carbons (Fsp3) is 0.391. The first-order valence-electron chi connectivity index (χ1n) is 9.26. The molecule has 2 heteroatoms. The quantitative estimate of drug-likeness (QED) is 0.794. The molecule has 2 nitrogen and oxygen atoms in total. The number of allylic oxidation sites excluding steroid dienone is 1. The van der Waals surface area contributed by atoms with Crippen LogP contribution in [0.4, 0.5) is 0 Å². The predicted octanol–water partition coefficient (Wildman–Crippen LogP) is 4.87. The lowest BCUT2D eigenvalue weighted by Gasteiger charge is -2.39. The van der Waals surface area contributed by atoms with Gasteiger partial charge >= 0.3 is 0 Å². The second-order valence-electron chi connectivity index (χ2n) is 7.60. The van der Waals surface area contributed by atoms with E-state index in [4.69, 9.17) is 4.74 Å². The van der Waals surface area contributed by atoms with E-state index in [0.717, 1.165) is 25.4 Å². The van der Waals surface area contributed by atoms with Gasteiger partial charge in [0.2, 0.25) is 0 Å². The summed E-state index contributed by atoms with van der Waals surface area (Å²) in [4.78, 5) is 2.61. The summed E-state index contributed by atoms with van der Waals surface area (Å²) in [6, 6.07) is 13.4. The molecule has 0 N–H and O–H groups in total. The lowest BCUT2D eigenvalue weighted by atomic mass is 9.74. The van der Waals surface area contributed by atoms with Gasteiger partial charge in [-0.25, -0.2) is 0 Å². The summed E-state index contributed by atoms with van der Waals surface area (Å²) in [5.41, 5.74) is 7.20. The van der Waals surface area contributed by atoms with Crippen LogP contribution in [0.15, 0.2) is 42.5 Å². The van der Waals surface area contributed by atoms with Gasteiger partial charge in [-0.15, -0.1) is 0 Å². The van der Waals surface area contributed by atoms with Crippen molar-refractivity contribution in [2.75, 3.05) is 20.2 Å². The molecule has 0 bridgehead atoms. The van der Waals surface area contributed by atoms with Crippen molar-refractivity contribution in [3.63, 3.8) is 0 Å². The lowest BCUT2D eigenvalue weighted by molar-refractivity contribution is 0.177. The Bertz CT molecular complexity index is 813. The number of benzene rings is 2. The van der Waals surface area contributed by atoms with Gasteiger partial charge in [-0.3, -0.25) is 4.90 Å². The molecule has 25 heavy (non-hydrogen) atoms. The van der Waals surface area contributed by atoms with E-state index in [0.29, 0.717) is 0 Å². The monoisotopic (exact) mass is 333 g/mol. The van der Waals surface area contributed by atoms with Gasteiger partial charge in [0.1, 0.15) is 5.75 Å². The van der Waals surface area contributed by atoms with E-state index >= 15 is 0 Å². The Morgan fingerprint density at radius 3 is 2.56 bits per heavy atom. The SMILES string of the molecule is COc1cc(C)c(CN2CCC3(C=Cc4ccccc43)CC2)cc1C. The number of aryl methyl sites for hydroxylation is 2. The average molecular weight is 333 g/mol. The van der Waals surface area contributed by atoms with Crippen LogP contribution in [0.5, 0.6) is 5.75 Å². The molecular weight excluding hydrogens is 306 g/mol. The number of likely N-dealkylation sites (tertiary alicyclic amines) is 1. The van der Waals surface area contributed by atoms with Crippen LogP contribution < -0.4 is 4.74 Å². The van der Waals surface area contributed by atoms with Gasteiger partial charge in [0, 0.05) is 12.0 Å². The standard InChI is InChI=1S/C23H27NO/c1-17-15-22(25-3)18(2)14-20(17)16-24-12-10-23(11-13-24)9-8-19-6-4-5-7-21(19)23/h4-9,14-15H,10-13,16H2,1-3H3. The van der Waals surface area contributed by atoms with Crippen molar-refractivity contribution in [1.82, 2.24) is 4.90 Å². The van der Waals surface area contributed by atoms with Crippen molar-refractivity contribution in [3.05, 3.63) is 70.3 Å². The molecule has 4 rings (SSSR count). The number of fused-ring (bicyclic) bond motifs is 2. The minimum Gasteiger partial charge on any atom is -0.496 e. The van der Waals surface area contributed by atoms with Crippen LogP contribution in [-0.2, 0) is 12.0 Å². The van der Waals surface area contributed by atoms with Gasteiger partial charge in [-0.2, -0.15) is 0 Å². The molecule has 0 aromatic heterocycles. The van der Waals surface area contributed by atoms with E-state index in [1.165, 1.54) is 40.7 Å². The molecule has 2 aliphatic rings. The van der Waals surface area contributed by atoms with Crippen LogP contribution in [0.3, 0.4) is 0 Å². The van der Waals surface area contributed by atoms with Gasteiger partial charge in [-0.1, -0.05) is 42.5 Å². The topological polar surface area (TPSA) is 12.5 Å². The van der Waals surface area contributed by atoms with E-state index in [2.05, 4.69) is 67.3 Å². The third-order valence-electron chi connectivity index (χ3n) is 6.07. The summed E-state index contributed by atoms with van der Waals surface area (Å²) < 4.78 is 5.45. The average Bonchev–Trinajstić information content (AvgIpc) is 2.99. The van der Waals surface area contributed by atoms with Gasteiger partial charge in [-0.05, 0) is 73.7 Å². The smallest absolute Gasteiger partial charge is 0.122 e. The number of rotatable bonds is 3. The number of methoxy groups -OCH3 is 1. The number of hydrogen-bond acceptors (Lipinski definition) is 2. The van der Waals surface area contributed by atoms with Crippen molar-refractivity contribution >= 4 is 6.08 Å². The van der Waals surface area contributed by atoms with Crippen molar-refractivity contribution < 1.29 is 4.74 Å². The van der Waals surface area contributed by atoms with Crippen LogP contribution in [0.2, 0.25) is 0 Å². The van der Waals surface area contributed by atoms with Crippen LogP contribution in [0, 0.1) is 13.8 Å². The van der Waals surface area contributed by atoms with E-state index in [1.54, 1.807) is 7.11 Å². The number of hydrogen-bond donors (Lipinski definition) is 0. The molecule has 0 unspecified atom stereocenters. The molecule has 1 aliphatic heterocycles. The maximum Gasteiger partial charge on any atom is 0.122 e. The molecular formula is C23H27NO. The molecule has 2 aromatic rings. The Balaban J connectivity index is 1.47. The van der Waals surface area contributed by atoms with Crippen LogP contribution in [-0.4, -0.2) is 25.1 Å². The van der Waals surface area contributed by atoms with Gasteiger partial charge in [0.05, 0.1) is 7.11 Å². The molecule has 1 spiro atoms. The highest BCUT2D eigenvalue weighted by Crippen LogP contribution is 2.43. The number of piperidine rings is 1. The summed E-state index contributed by atoms with van der Waals surface area (Å²) >= 11 is 0. The summed E-state index contributed by atoms with van der Waals surface area (Å²) in [7, 11) is 1.75. The maximum atomic E-state index is 5.45. The Morgan fingerprint density at radius 1 is 1.04 bits per heavy atom. The highest BCUT2D eigenvalue weighted by Gasteiger charge is 2.37. The first kappa shape index (κ1) is 16.4. The van der Waals surface area contributed by atoms with Gasteiger partial charge < -0.3 is 4.74 Å². The molecule has 1 saturated heterocycles. The van der Waals surface area contributed by atoms with Gasteiger partial charge in [0.15, 0.2) is 0 Å². The van der Waals surface area contributed by atoms with Gasteiger partial charge in [0.25, 0.3) is 0 Å². The number of ether oxygens (including phenoxy) is 1. The molecule has 0 radical (unpaired) electrons. The molecule has 0 amide bonds. The normalized spacial score (nSPS) is 18.5. The minimum absolute atomic E-state index is 0.276. The first-order valence-corrected chi connectivity index (χ1v) is 9.26. The van der Waals surface area contributed by atoms with E-state index < -0.39 is 0 Å². The minimum atomic E-state index is 0.276. The van der Waals surface area contributed by atoms with Crippen molar-refractivity contribution in [3.8, 4) is 5.75 Å². The summed E-state index contributed by atoms with van der Waals surface area (Å²) in [5, 5.41) is 0. The van der Waals surface area contributed by atoms with E-state index in [9.17, 15) is 0 Å². The maximum absolute atomic E-state index is 5.45. The van der Waals surface area contributed by atoms with Crippen LogP contribution in [0.1, 0.15) is 40.7 Å². The molecule has 130 valence electrons. The second kappa shape index (κ2) is 6.34. The van der Waals surface area contributed by atoms with E-state index in [1.807, 2.05) is 0 Å². The fourth-order valence-corrected chi connectivity index (χ4v) is 4.46. The Kier molecular flexibility index (Phi) is 4.16. The van der Waals surface area contributed by atoms with Crippen LogP contribution >= 0.6 is 0 Å². The zero-order valence-electron chi connectivity index (χ0n) is 15.5. The zero-order chi connectivity index (χ0) is 17.4. The molecule has 1 heterocycles. The largest absolute Gasteiger partial charge is 0.496 e. The Morgan fingerprint density at radius 2 is 1.80 bits per heavy atom. The van der Waals surface area contributed by atoms with E-state index in [-0.39, 0.29) is 5.41 Å². The predicted molar refractivity (Wildman–Crippen MR) is 104 cm³/mol. The third-order valence-corrected chi connectivity index (χ3v) is 6.07. The summed E-state index contributed by atoms with van der Waals surface area (Å²) in [6.45, 7) is 7.68. The highest BCUT2D eigenvalue weighted by atomic mass is 16.5. The zero-order valence-corrected chi connectivity index (χ0v) is 15.5. The van der Waals surface area contributed by atoms with Crippen molar-refractivity contribution in [1.29, 1.82) is 0 Å². The molecule has 1 aliphatic carbocycles. The third kappa shape index (κ3) is 2.89. The molecule has 2 aromatic carbocycles. The summed E-state index contributed by atoms with van der Waals surface area (Å²) in [5.74, 6) is 0.992. The molecule has 0 saturated carbocycles. The molecule has 1 fully saturated rings. The van der Waals surface area contributed by atoms with Crippen molar-refractivity contribution in [2.45, 2.75) is 38.6 Å². The van der Waals surface area contributed by atoms with Crippen LogP contribution in [0.25, 0.3) is 6.08 Å². The lowest BCUT2D eigenvalue weighted by Crippen LogP contribution is -2.40. The van der Waals surface area contributed by atoms with Crippen molar-refractivity contribution in [2.24, 2.45) is 0 Å². The summed E-state index contributed by atoms with van der Waals surface area (Å²) in [6.07, 6.45) is 7.21.